The molecule has 0 bridgehead atoms. The first-order valence-electron chi connectivity index (χ1n) is 10.5. The molecule has 29 heavy (non-hydrogen) atoms. The van der Waals surface area contributed by atoms with Crippen molar-refractivity contribution in [1.29, 1.82) is 0 Å². The van der Waals surface area contributed by atoms with Crippen molar-refractivity contribution in [3.05, 3.63) is 71.6 Å². The van der Waals surface area contributed by atoms with Crippen LogP contribution in [-0.4, -0.2) is 25.2 Å². The number of carbonyl (C=O) groups excluding carboxylic acids is 1. The van der Waals surface area contributed by atoms with E-state index in [9.17, 15) is 4.79 Å². The van der Waals surface area contributed by atoms with Gasteiger partial charge in [-0.25, -0.2) is 4.98 Å². The van der Waals surface area contributed by atoms with Crippen LogP contribution in [0.25, 0.3) is 0 Å². The van der Waals surface area contributed by atoms with E-state index in [1.165, 1.54) is 16.8 Å². The third-order valence-electron chi connectivity index (χ3n) is 5.62. The fraction of sp³-hybridized carbons (Fsp3) is 0.435. The Hall–Kier alpha value is -2.89. The van der Waals surface area contributed by atoms with Crippen LogP contribution >= 0.6 is 0 Å². The molecule has 4 rings (SSSR count). The van der Waals surface area contributed by atoms with Gasteiger partial charge in [0.15, 0.2) is 0 Å². The Morgan fingerprint density at radius 2 is 2.10 bits per heavy atom. The Kier molecular flexibility index (Phi) is 5.79. The molecule has 1 aromatic carbocycles. The zero-order chi connectivity index (χ0) is 20.2. The molecule has 1 aliphatic carbocycles. The average Bonchev–Trinajstić information content (AvgIpc) is 3.35. The van der Waals surface area contributed by atoms with Crippen LogP contribution in [0.1, 0.15) is 67.7 Å². The van der Waals surface area contributed by atoms with Crippen LogP contribution in [0.2, 0.25) is 0 Å². The summed E-state index contributed by atoms with van der Waals surface area (Å²) in [6.07, 6.45) is 9.21. The summed E-state index contributed by atoms with van der Waals surface area (Å²) < 4.78 is 4.16. The summed E-state index contributed by atoms with van der Waals surface area (Å²) in [4.78, 5) is 17.0. The van der Waals surface area contributed by atoms with Crippen molar-refractivity contribution in [1.82, 2.24) is 24.6 Å². The summed E-state index contributed by atoms with van der Waals surface area (Å²) in [6, 6.07) is 10.4. The minimum absolute atomic E-state index is 0.0585. The highest BCUT2D eigenvalue weighted by molar-refractivity contribution is 5.76. The van der Waals surface area contributed by atoms with Gasteiger partial charge in [0.1, 0.15) is 5.82 Å². The number of amides is 1. The molecule has 2 aromatic heterocycles. The van der Waals surface area contributed by atoms with E-state index in [0.29, 0.717) is 18.9 Å². The molecule has 1 aliphatic rings. The maximum atomic E-state index is 12.6. The summed E-state index contributed by atoms with van der Waals surface area (Å²) in [5.41, 5.74) is 3.67. The van der Waals surface area contributed by atoms with E-state index in [1.54, 1.807) is 0 Å². The van der Waals surface area contributed by atoms with Crippen molar-refractivity contribution in [3.8, 4) is 0 Å². The van der Waals surface area contributed by atoms with Crippen molar-refractivity contribution >= 4 is 5.91 Å². The zero-order valence-electron chi connectivity index (χ0n) is 17.2. The van der Waals surface area contributed by atoms with Crippen molar-refractivity contribution in [2.75, 3.05) is 0 Å². The van der Waals surface area contributed by atoms with Crippen LogP contribution in [0.4, 0.5) is 0 Å². The van der Waals surface area contributed by atoms with Crippen LogP contribution in [0.5, 0.6) is 0 Å². The molecule has 6 nitrogen and oxygen atoms in total. The Morgan fingerprint density at radius 1 is 1.28 bits per heavy atom. The summed E-state index contributed by atoms with van der Waals surface area (Å²) >= 11 is 0. The number of rotatable bonds is 7. The van der Waals surface area contributed by atoms with Crippen LogP contribution < -0.4 is 5.32 Å². The summed E-state index contributed by atoms with van der Waals surface area (Å²) in [5, 5.41) is 7.86. The van der Waals surface area contributed by atoms with E-state index in [0.717, 1.165) is 31.6 Å². The lowest BCUT2D eigenvalue weighted by Gasteiger charge is -2.24. The van der Waals surface area contributed by atoms with Gasteiger partial charge in [0.25, 0.3) is 0 Å². The lowest BCUT2D eigenvalue weighted by atomic mass is 9.92. The topological polar surface area (TPSA) is 64.7 Å². The van der Waals surface area contributed by atoms with Gasteiger partial charge in [0, 0.05) is 42.5 Å². The monoisotopic (exact) mass is 391 g/mol. The maximum absolute atomic E-state index is 12.6. The van der Waals surface area contributed by atoms with Crippen molar-refractivity contribution in [3.63, 3.8) is 0 Å². The molecule has 3 aromatic rings. The molecule has 1 amide bonds. The maximum Gasteiger partial charge on any atom is 0.222 e. The molecule has 0 saturated heterocycles. The fourth-order valence-corrected chi connectivity index (χ4v) is 4.16. The quantitative estimate of drug-likeness (QED) is 0.666. The minimum atomic E-state index is 0.0585. The number of aryl methyl sites for hydroxylation is 1. The standard InChI is InChI=1S/C23H29N5O/c1-17(2)23-24-12-14-27(23)13-11-22(29)26-20-9-6-10-21-19(20)15-25-28(21)16-18-7-4-3-5-8-18/h3-5,7-8,12,14-15,17,20H,6,9-11,13,16H2,1-2H3,(H,26,29)/t20-/m1/s1. The molecule has 1 atom stereocenters. The normalized spacial score (nSPS) is 16.0. The third kappa shape index (κ3) is 4.42. The predicted octanol–water partition coefficient (Wildman–Crippen LogP) is 3.84. The number of hydrogen-bond acceptors (Lipinski definition) is 3. The number of imidazole rings is 1. The number of hydrogen-bond donors (Lipinski definition) is 1. The molecular formula is C23H29N5O. The van der Waals surface area contributed by atoms with Gasteiger partial charge in [-0.1, -0.05) is 44.2 Å². The number of nitrogens with zero attached hydrogens (tertiary/aromatic N) is 4. The van der Waals surface area contributed by atoms with Crippen LogP contribution in [-0.2, 0) is 24.3 Å². The van der Waals surface area contributed by atoms with Crippen LogP contribution in [0.3, 0.4) is 0 Å². The third-order valence-corrected chi connectivity index (χ3v) is 5.62. The first-order chi connectivity index (χ1) is 14.1. The van der Waals surface area contributed by atoms with Gasteiger partial charge in [-0.05, 0) is 24.8 Å². The lowest BCUT2D eigenvalue weighted by Crippen LogP contribution is -2.31. The van der Waals surface area contributed by atoms with Gasteiger partial charge in [-0.3, -0.25) is 9.48 Å². The molecule has 0 aliphatic heterocycles. The predicted molar refractivity (Wildman–Crippen MR) is 113 cm³/mol. The molecule has 6 heteroatoms. The Labute approximate surface area is 172 Å². The smallest absolute Gasteiger partial charge is 0.222 e. The van der Waals surface area contributed by atoms with Gasteiger partial charge in [-0.15, -0.1) is 0 Å². The summed E-state index contributed by atoms with van der Waals surface area (Å²) in [6.45, 7) is 5.67. The van der Waals surface area contributed by atoms with Gasteiger partial charge < -0.3 is 9.88 Å². The molecule has 0 fully saturated rings. The fourth-order valence-electron chi connectivity index (χ4n) is 4.16. The number of nitrogens with one attached hydrogen (secondary N) is 1. The van der Waals surface area contributed by atoms with Crippen molar-refractivity contribution in [2.45, 2.75) is 64.6 Å². The van der Waals surface area contributed by atoms with Gasteiger partial charge >= 0.3 is 0 Å². The van der Waals surface area contributed by atoms with Crippen molar-refractivity contribution < 1.29 is 4.79 Å². The van der Waals surface area contributed by atoms with Gasteiger partial charge in [0.05, 0.1) is 18.8 Å². The molecule has 0 radical (unpaired) electrons. The Balaban J connectivity index is 1.39. The number of benzene rings is 1. The molecule has 1 N–H and O–H groups in total. The Bertz CT molecular complexity index is 957. The SMILES string of the molecule is CC(C)c1nccn1CCC(=O)N[C@@H]1CCCc2c1cnn2Cc1ccccc1. The average molecular weight is 392 g/mol. The zero-order valence-corrected chi connectivity index (χ0v) is 17.2. The number of aromatic nitrogens is 4. The second-order valence-corrected chi connectivity index (χ2v) is 8.09. The highest BCUT2D eigenvalue weighted by Gasteiger charge is 2.25. The van der Waals surface area contributed by atoms with E-state index >= 15 is 0 Å². The Morgan fingerprint density at radius 3 is 2.90 bits per heavy atom. The van der Waals surface area contributed by atoms with Crippen molar-refractivity contribution in [2.24, 2.45) is 0 Å². The number of carbonyl (C=O) groups is 1. The number of fused-ring (bicyclic) bond motifs is 1. The summed E-state index contributed by atoms with van der Waals surface area (Å²) in [5.74, 6) is 1.46. The van der Waals surface area contributed by atoms with Gasteiger partial charge in [0.2, 0.25) is 5.91 Å². The first-order valence-corrected chi connectivity index (χ1v) is 10.5. The van der Waals surface area contributed by atoms with E-state index in [4.69, 9.17) is 0 Å². The second kappa shape index (κ2) is 8.64. The molecule has 2 heterocycles. The highest BCUT2D eigenvalue weighted by Crippen LogP contribution is 2.30. The van der Waals surface area contributed by atoms with E-state index in [2.05, 4.69) is 62.8 Å². The largest absolute Gasteiger partial charge is 0.349 e. The molecule has 152 valence electrons. The van der Waals surface area contributed by atoms with Crippen LogP contribution in [0.15, 0.2) is 48.9 Å². The first kappa shape index (κ1) is 19.4. The van der Waals surface area contributed by atoms with E-state index in [-0.39, 0.29) is 11.9 Å². The van der Waals surface area contributed by atoms with E-state index < -0.39 is 0 Å². The molecule has 0 spiro atoms. The minimum Gasteiger partial charge on any atom is -0.349 e. The van der Waals surface area contributed by atoms with Crippen LogP contribution in [0, 0.1) is 0 Å². The van der Waals surface area contributed by atoms with Gasteiger partial charge in [-0.2, -0.15) is 5.10 Å². The molecule has 0 unspecified atom stereocenters. The van der Waals surface area contributed by atoms with E-state index in [1.807, 2.05) is 24.7 Å². The molecular weight excluding hydrogens is 362 g/mol. The highest BCUT2D eigenvalue weighted by atomic mass is 16.1. The molecule has 0 saturated carbocycles. The summed E-state index contributed by atoms with van der Waals surface area (Å²) in [7, 11) is 0. The second-order valence-electron chi connectivity index (χ2n) is 8.09. The lowest BCUT2D eigenvalue weighted by molar-refractivity contribution is -0.122.